The third-order valence-electron chi connectivity index (χ3n) is 6.87. The average molecular weight is 844 g/mol. The van der Waals surface area contributed by atoms with Crippen LogP contribution in [0.25, 0.3) is 11.2 Å². The van der Waals surface area contributed by atoms with Gasteiger partial charge in [-0.2, -0.15) is 4.31 Å². The number of thioether (sulfide) groups is 1. The summed E-state index contributed by atoms with van der Waals surface area (Å²) in [7, 11) is -16.4. The Morgan fingerprint density at radius 1 is 1.10 bits per heavy atom. The molecule has 1 aliphatic heterocycles. The molecule has 1 fully saturated rings. The lowest BCUT2D eigenvalue weighted by molar-refractivity contribution is -0.137. The number of imidazole rings is 1. The zero-order valence-electron chi connectivity index (χ0n) is 27.2. The highest BCUT2D eigenvalue weighted by Gasteiger charge is 2.50. The van der Waals surface area contributed by atoms with Gasteiger partial charge in [-0.25, -0.2) is 28.6 Å². The number of ether oxygens (including phenoxy) is 1. The second kappa shape index (κ2) is 18.5. The molecule has 294 valence electrons. The van der Waals surface area contributed by atoms with Gasteiger partial charge in [-0.15, -0.1) is 11.6 Å². The summed E-state index contributed by atoms with van der Waals surface area (Å²) in [5, 5.41) is 25.9. The number of fused-ring (bicyclic) bond motifs is 1. The lowest BCUT2D eigenvalue weighted by Crippen LogP contribution is -2.46. The van der Waals surface area contributed by atoms with Gasteiger partial charge in [-0.1, -0.05) is 25.6 Å². The van der Waals surface area contributed by atoms with Gasteiger partial charge in [0.15, 0.2) is 17.7 Å². The molecule has 7 unspecified atom stereocenters. The zero-order chi connectivity index (χ0) is 39.1. The molecule has 52 heavy (non-hydrogen) atoms. The molecular formula is C23H37ClN7O17P3S. The fourth-order valence-corrected chi connectivity index (χ4v) is 7.90. The van der Waals surface area contributed by atoms with Gasteiger partial charge in [0.05, 0.1) is 25.4 Å². The number of hydrogen-bond donors (Lipinski definition) is 9. The molecule has 24 nitrogen and oxygen atoms in total. The van der Waals surface area contributed by atoms with Crippen molar-refractivity contribution in [2.75, 3.05) is 43.7 Å². The van der Waals surface area contributed by atoms with Gasteiger partial charge in [0.2, 0.25) is 16.9 Å². The van der Waals surface area contributed by atoms with E-state index in [0.717, 1.165) is 29.0 Å². The topological polar surface area (TPSA) is 364 Å². The fraction of sp³-hybridized carbons (Fsp3) is 0.652. The highest BCUT2D eigenvalue weighted by atomic mass is 35.5. The number of nitrogens with two attached hydrogens (primary N) is 1. The van der Waals surface area contributed by atoms with Crippen LogP contribution in [0.1, 0.15) is 26.5 Å². The van der Waals surface area contributed by atoms with Crippen LogP contribution < -0.4 is 16.4 Å². The highest BCUT2D eigenvalue weighted by molar-refractivity contribution is 8.13. The quantitative estimate of drug-likeness (QED) is 0.0434. The number of hydrogen-bond acceptors (Lipinski definition) is 18. The van der Waals surface area contributed by atoms with Gasteiger partial charge < -0.3 is 50.9 Å². The molecule has 1 aliphatic rings. The minimum absolute atomic E-state index is 0.0282. The summed E-state index contributed by atoms with van der Waals surface area (Å²) < 4.78 is 61.8. The van der Waals surface area contributed by atoms with E-state index < -0.39 is 84.6 Å². The van der Waals surface area contributed by atoms with Crippen LogP contribution in [0.3, 0.4) is 0 Å². The molecule has 3 heterocycles. The molecule has 0 aliphatic carbocycles. The number of nitrogens with one attached hydrogen (secondary N) is 2. The second-order valence-corrected chi connectivity index (χ2v) is 17.1. The maximum atomic E-state index is 12.6. The SMILES string of the molecule is CC(C)(COP(=O)(O)OP(=O)(O)OCC1OC(n2cnc3c(N)ncnc32)C(O)C1OP(=O)(O)O)C(O)C(=O)NCCC(=O)NCCSC(=O)CCl. The molecule has 2 amide bonds. The van der Waals surface area contributed by atoms with Crippen molar-refractivity contribution in [1.29, 1.82) is 0 Å². The molecule has 2 aromatic rings. The van der Waals surface area contributed by atoms with Crippen molar-refractivity contribution in [2.45, 2.75) is 50.9 Å². The van der Waals surface area contributed by atoms with Crippen LogP contribution in [0.2, 0.25) is 0 Å². The van der Waals surface area contributed by atoms with Crippen LogP contribution in [-0.4, -0.2) is 129 Å². The van der Waals surface area contributed by atoms with Gasteiger partial charge in [-0.3, -0.25) is 32.5 Å². The van der Waals surface area contributed by atoms with Crippen LogP contribution in [-0.2, 0) is 50.7 Å². The van der Waals surface area contributed by atoms with Crippen LogP contribution >= 0.6 is 46.8 Å². The normalized spacial score (nSPS) is 22.4. The van der Waals surface area contributed by atoms with E-state index in [9.17, 15) is 57.9 Å². The Kier molecular flexibility index (Phi) is 15.7. The summed E-state index contributed by atoms with van der Waals surface area (Å²) in [5.74, 6) is -1.37. The predicted molar refractivity (Wildman–Crippen MR) is 178 cm³/mol. The summed E-state index contributed by atoms with van der Waals surface area (Å²) >= 11 is 6.32. The molecular weight excluding hydrogens is 807 g/mol. The Balaban J connectivity index is 1.54. The van der Waals surface area contributed by atoms with Crippen molar-refractivity contribution in [2.24, 2.45) is 5.41 Å². The first-order valence-corrected chi connectivity index (χ1v) is 20.7. The van der Waals surface area contributed by atoms with Crippen molar-refractivity contribution in [3.8, 4) is 0 Å². The molecule has 1 saturated heterocycles. The minimum Gasteiger partial charge on any atom is -0.386 e. The molecule has 29 heteroatoms. The third kappa shape index (κ3) is 13.0. The monoisotopic (exact) mass is 843 g/mol. The number of phosphoric ester groups is 3. The fourth-order valence-electron chi connectivity index (χ4n) is 4.33. The summed E-state index contributed by atoms with van der Waals surface area (Å²) in [6.45, 7) is 0.418. The lowest BCUT2D eigenvalue weighted by Gasteiger charge is -2.30. The van der Waals surface area contributed by atoms with Crippen LogP contribution in [0, 0.1) is 5.41 Å². The van der Waals surface area contributed by atoms with Crippen LogP contribution in [0.4, 0.5) is 5.82 Å². The summed E-state index contributed by atoms with van der Waals surface area (Å²) in [4.78, 5) is 86.2. The van der Waals surface area contributed by atoms with Gasteiger partial charge in [0.1, 0.15) is 36.3 Å². The Morgan fingerprint density at radius 2 is 1.77 bits per heavy atom. The number of nitrogen functional groups attached to an aromatic ring is 1. The zero-order valence-corrected chi connectivity index (χ0v) is 31.4. The average Bonchev–Trinajstić information content (AvgIpc) is 3.60. The molecule has 0 saturated carbocycles. The highest BCUT2D eigenvalue weighted by Crippen LogP contribution is 2.61. The van der Waals surface area contributed by atoms with Gasteiger partial charge in [0.25, 0.3) is 0 Å². The first kappa shape index (κ1) is 44.2. The number of carbonyl (C=O) groups is 3. The lowest BCUT2D eigenvalue weighted by atomic mass is 9.87. The molecule has 10 N–H and O–H groups in total. The summed E-state index contributed by atoms with van der Waals surface area (Å²) in [6, 6.07) is 0. The number of rotatable bonds is 20. The van der Waals surface area contributed by atoms with Crippen molar-refractivity contribution in [3.63, 3.8) is 0 Å². The maximum absolute atomic E-state index is 12.6. The molecule has 0 bridgehead atoms. The van der Waals surface area contributed by atoms with Crippen molar-refractivity contribution >= 4 is 80.7 Å². The largest absolute Gasteiger partial charge is 0.481 e. The van der Waals surface area contributed by atoms with Gasteiger partial charge in [-0.05, 0) is 0 Å². The molecule has 0 radical (unpaired) electrons. The van der Waals surface area contributed by atoms with E-state index >= 15 is 0 Å². The van der Waals surface area contributed by atoms with E-state index in [1.165, 1.54) is 13.8 Å². The number of carbonyl (C=O) groups excluding carboxylic acids is 3. The Labute approximate surface area is 303 Å². The number of nitrogens with zero attached hydrogens (tertiary/aromatic N) is 4. The Morgan fingerprint density at radius 3 is 2.42 bits per heavy atom. The molecule has 3 rings (SSSR count). The second-order valence-electron chi connectivity index (χ2n) is 11.4. The molecule has 7 atom stereocenters. The van der Waals surface area contributed by atoms with E-state index in [4.69, 9.17) is 31.1 Å². The third-order valence-corrected chi connectivity index (χ3v) is 11.2. The number of aliphatic hydroxyl groups is 2. The molecule has 2 aromatic heterocycles. The number of phosphoric acid groups is 3. The van der Waals surface area contributed by atoms with Crippen LogP contribution in [0.15, 0.2) is 12.7 Å². The van der Waals surface area contributed by atoms with Crippen molar-refractivity contribution in [3.05, 3.63) is 12.7 Å². The molecule has 0 spiro atoms. The van der Waals surface area contributed by atoms with E-state index in [1.54, 1.807) is 0 Å². The Hall–Kier alpha value is -2.15. The summed E-state index contributed by atoms with van der Waals surface area (Å²) in [5.41, 5.74) is 4.24. The molecule has 0 aromatic carbocycles. The number of alkyl halides is 1. The van der Waals surface area contributed by atoms with E-state index in [-0.39, 0.29) is 47.5 Å². The number of anilines is 1. The first-order chi connectivity index (χ1) is 24.1. The number of aromatic nitrogens is 4. The Bertz CT molecular complexity index is 1730. The number of halogens is 1. The number of amides is 2. The van der Waals surface area contributed by atoms with Crippen molar-refractivity contribution in [1.82, 2.24) is 30.2 Å². The first-order valence-electron chi connectivity index (χ1n) is 14.7. The predicted octanol–water partition coefficient (Wildman–Crippen LogP) is -1.10. The van der Waals surface area contributed by atoms with E-state index in [1.807, 2.05) is 0 Å². The van der Waals surface area contributed by atoms with Gasteiger partial charge >= 0.3 is 23.5 Å². The van der Waals surface area contributed by atoms with Crippen LogP contribution in [0.5, 0.6) is 0 Å². The van der Waals surface area contributed by atoms with Gasteiger partial charge in [0, 0.05) is 30.7 Å². The minimum atomic E-state index is -5.56. The number of aliphatic hydroxyl groups excluding tert-OH is 2. The smallest absolute Gasteiger partial charge is 0.386 e. The van der Waals surface area contributed by atoms with E-state index in [0.29, 0.717) is 5.75 Å². The van der Waals surface area contributed by atoms with Crippen molar-refractivity contribution < 1.29 is 80.5 Å². The van der Waals surface area contributed by atoms with E-state index in [2.05, 4.69) is 34.4 Å². The maximum Gasteiger partial charge on any atom is 0.481 e. The summed E-state index contributed by atoms with van der Waals surface area (Å²) in [6.07, 6.45) is -6.94. The standard InChI is InChI=1S/C23H37ClN7O17P3S/c1-23(2,18(35)21(36)27-4-3-13(32)26-5-6-52-14(33)7-24)9-45-51(42,43)48-50(40,41)44-8-12-17(47-49(37,38)39)16(34)22(46-12)31-11-30-15-19(25)28-10-29-20(15)31/h10-12,16-18,22,34-35H,3-9H2,1-2H3,(H,26,32)(H,27,36)(H,40,41)(H,42,43)(H2,25,28,29)(H2,37,38,39).